The topological polar surface area (TPSA) is 55.3 Å². The number of aryl methyl sites for hydroxylation is 1. The van der Waals surface area contributed by atoms with Crippen molar-refractivity contribution in [1.82, 2.24) is 15.1 Å². The van der Waals surface area contributed by atoms with E-state index in [-0.39, 0.29) is 17.9 Å². The van der Waals surface area contributed by atoms with Crippen molar-refractivity contribution in [2.75, 3.05) is 13.1 Å². The average molecular weight is 287 g/mol. The van der Waals surface area contributed by atoms with E-state index in [0.29, 0.717) is 12.4 Å². The summed E-state index contributed by atoms with van der Waals surface area (Å²) >= 11 is 0. The summed E-state index contributed by atoms with van der Waals surface area (Å²) in [6.07, 6.45) is 8.05. The van der Waals surface area contributed by atoms with Gasteiger partial charge in [0, 0.05) is 24.9 Å². The van der Waals surface area contributed by atoms with Crippen molar-refractivity contribution < 1.29 is 9.53 Å². The van der Waals surface area contributed by atoms with E-state index < -0.39 is 0 Å². The molecule has 1 aromatic heterocycles. The van der Waals surface area contributed by atoms with E-state index in [9.17, 15) is 4.79 Å². The second kappa shape index (κ2) is 6.24. The van der Waals surface area contributed by atoms with Crippen LogP contribution in [0.4, 0.5) is 0 Å². The maximum absolute atomic E-state index is 12.5. The van der Waals surface area contributed by atoms with Gasteiger partial charge in [0.15, 0.2) is 0 Å². The van der Waals surface area contributed by atoms with Gasteiger partial charge in [0.05, 0.1) is 12.2 Å². The molecule has 0 spiro atoms. The third-order valence-electron chi connectivity index (χ3n) is 4.14. The van der Waals surface area contributed by atoms with Crippen LogP contribution in [-0.2, 0) is 4.79 Å². The number of hydrogen-bond donors (Lipinski definition) is 0. The van der Waals surface area contributed by atoms with E-state index in [4.69, 9.17) is 4.74 Å². The van der Waals surface area contributed by atoms with Gasteiger partial charge in [0.25, 0.3) is 0 Å². The van der Waals surface area contributed by atoms with Crippen LogP contribution in [0.2, 0.25) is 0 Å². The Balaban J connectivity index is 1.54. The van der Waals surface area contributed by atoms with Crippen LogP contribution < -0.4 is 4.74 Å². The lowest BCUT2D eigenvalue weighted by molar-refractivity contribution is -0.135. The van der Waals surface area contributed by atoms with Gasteiger partial charge in [-0.25, -0.2) is 0 Å². The number of hydrogen-bond acceptors (Lipinski definition) is 4. The third kappa shape index (κ3) is 3.40. The lowest BCUT2D eigenvalue weighted by Crippen LogP contribution is -2.36. The first kappa shape index (κ1) is 14.0. The maximum atomic E-state index is 12.5. The van der Waals surface area contributed by atoms with Crippen molar-refractivity contribution >= 4 is 5.91 Å². The molecule has 1 aliphatic heterocycles. The van der Waals surface area contributed by atoms with Crippen molar-refractivity contribution in [3.8, 4) is 5.88 Å². The second-order valence-corrected chi connectivity index (χ2v) is 5.81. The zero-order valence-corrected chi connectivity index (χ0v) is 12.4. The van der Waals surface area contributed by atoms with Crippen LogP contribution in [0.15, 0.2) is 24.3 Å². The molecule has 1 fully saturated rings. The van der Waals surface area contributed by atoms with Gasteiger partial charge < -0.3 is 9.64 Å². The molecule has 1 aliphatic carbocycles. The van der Waals surface area contributed by atoms with E-state index in [0.717, 1.165) is 37.9 Å². The van der Waals surface area contributed by atoms with Crippen molar-refractivity contribution in [2.24, 2.45) is 5.92 Å². The highest BCUT2D eigenvalue weighted by atomic mass is 16.5. The predicted octanol–water partition coefficient (Wildman–Crippen LogP) is 2.12. The molecule has 0 N–H and O–H groups in total. The van der Waals surface area contributed by atoms with Crippen LogP contribution in [0.3, 0.4) is 0 Å². The van der Waals surface area contributed by atoms with Gasteiger partial charge in [0.2, 0.25) is 11.8 Å². The minimum atomic E-state index is 0.0325. The number of allylic oxidation sites excluding steroid dienone is 2. The number of nitrogens with zero attached hydrogens (tertiary/aromatic N) is 3. The van der Waals surface area contributed by atoms with Gasteiger partial charge in [-0.05, 0) is 32.3 Å². The average Bonchev–Trinajstić information content (AvgIpc) is 2.98. The van der Waals surface area contributed by atoms with Crippen molar-refractivity contribution in [2.45, 2.75) is 38.7 Å². The molecule has 0 aromatic carbocycles. The molecular formula is C16H21N3O2. The Morgan fingerprint density at radius 1 is 1.29 bits per heavy atom. The summed E-state index contributed by atoms with van der Waals surface area (Å²) in [5.74, 6) is 0.980. The first-order valence-corrected chi connectivity index (χ1v) is 7.63. The van der Waals surface area contributed by atoms with Crippen LogP contribution in [0.25, 0.3) is 0 Å². The summed E-state index contributed by atoms with van der Waals surface area (Å²) in [6, 6.07) is 3.72. The molecule has 0 bridgehead atoms. The van der Waals surface area contributed by atoms with E-state index in [1.807, 2.05) is 24.0 Å². The SMILES string of the molecule is Cc1ccc(O[C@H]2CCN(C(=O)[C@H]3CC=CCC3)C2)nn1. The molecule has 1 amide bonds. The minimum absolute atomic E-state index is 0.0325. The highest BCUT2D eigenvalue weighted by Crippen LogP contribution is 2.24. The molecular weight excluding hydrogens is 266 g/mol. The Morgan fingerprint density at radius 3 is 2.90 bits per heavy atom. The van der Waals surface area contributed by atoms with E-state index >= 15 is 0 Å². The Hall–Kier alpha value is -1.91. The Kier molecular flexibility index (Phi) is 4.18. The molecule has 0 radical (unpaired) electrons. The Morgan fingerprint density at radius 2 is 2.19 bits per heavy atom. The van der Waals surface area contributed by atoms with Crippen LogP contribution in [-0.4, -0.2) is 40.2 Å². The molecule has 0 saturated carbocycles. The minimum Gasteiger partial charge on any atom is -0.471 e. The predicted molar refractivity (Wildman–Crippen MR) is 78.9 cm³/mol. The summed E-state index contributed by atoms with van der Waals surface area (Å²) < 4.78 is 5.82. The number of carbonyl (C=O) groups excluding carboxylic acids is 1. The molecule has 5 heteroatoms. The summed E-state index contributed by atoms with van der Waals surface area (Å²) in [4.78, 5) is 14.4. The summed E-state index contributed by atoms with van der Waals surface area (Å²) in [6.45, 7) is 3.34. The molecule has 3 rings (SSSR count). The van der Waals surface area contributed by atoms with Crippen LogP contribution >= 0.6 is 0 Å². The highest BCUT2D eigenvalue weighted by Gasteiger charge is 2.31. The van der Waals surface area contributed by atoms with Gasteiger partial charge in [-0.1, -0.05) is 12.2 Å². The largest absolute Gasteiger partial charge is 0.471 e. The lowest BCUT2D eigenvalue weighted by Gasteiger charge is -2.24. The Bertz CT molecular complexity index is 527. The molecule has 0 unspecified atom stereocenters. The molecule has 112 valence electrons. The maximum Gasteiger partial charge on any atom is 0.233 e. The first-order chi connectivity index (χ1) is 10.2. The second-order valence-electron chi connectivity index (χ2n) is 5.81. The fourth-order valence-electron chi connectivity index (χ4n) is 2.92. The highest BCUT2D eigenvalue weighted by molar-refractivity contribution is 5.79. The van der Waals surface area contributed by atoms with Crippen LogP contribution in [0.1, 0.15) is 31.4 Å². The molecule has 1 saturated heterocycles. The van der Waals surface area contributed by atoms with Gasteiger partial charge in [-0.15, -0.1) is 5.10 Å². The molecule has 5 nitrogen and oxygen atoms in total. The molecule has 2 atom stereocenters. The van der Waals surface area contributed by atoms with Gasteiger partial charge >= 0.3 is 0 Å². The third-order valence-corrected chi connectivity index (χ3v) is 4.14. The zero-order valence-electron chi connectivity index (χ0n) is 12.4. The van der Waals surface area contributed by atoms with Gasteiger partial charge in [0.1, 0.15) is 6.10 Å². The molecule has 2 heterocycles. The van der Waals surface area contributed by atoms with Crippen molar-refractivity contribution in [3.63, 3.8) is 0 Å². The van der Waals surface area contributed by atoms with Crippen LogP contribution in [0, 0.1) is 12.8 Å². The zero-order chi connectivity index (χ0) is 14.7. The number of amides is 1. The summed E-state index contributed by atoms with van der Waals surface area (Å²) in [5.41, 5.74) is 0.871. The summed E-state index contributed by atoms with van der Waals surface area (Å²) in [5, 5.41) is 8.00. The molecule has 1 aromatic rings. The van der Waals surface area contributed by atoms with E-state index in [2.05, 4.69) is 22.3 Å². The summed E-state index contributed by atoms with van der Waals surface area (Å²) in [7, 11) is 0. The van der Waals surface area contributed by atoms with Crippen molar-refractivity contribution in [1.29, 1.82) is 0 Å². The van der Waals surface area contributed by atoms with Gasteiger partial charge in [-0.3, -0.25) is 4.79 Å². The quantitative estimate of drug-likeness (QED) is 0.799. The normalized spacial score (nSPS) is 25.1. The number of carbonyl (C=O) groups is 1. The van der Waals surface area contributed by atoms with Crippen LogP contribution in [0.5, 0.6) is 5.88 Å². The number of likely N-dealkylation sites (tertiary alicyclic amines) is 1. The monoisotopic (exact) mass is 287 g/mol. The Labute approximate surface area is 125 Å². The lowest BCUT2D eigenvalue weighted by atomic mass is 9.93. The van der Waals surface area contributed by atoms with E-state index in [1.165, 1.54) is 0 Å². The number of ether oxygens (including phenoxy) is 1. The number of rotatable bonds is 3. The number of aromatic nitrogens is 2. The van der Waals surface area contributed by atoms with Gasteiger partial charge in [-0.2, -0.15) is 5.10 Å². The first-order valence-electron chi connectivity index (χ1n) is 7.63. The van der Waals surface area contributed by atoms with E-state index in [1.54, 1.807) is 0 Å². The smallest absolute Gasteiger partial charge is 0.233 e. The molecule has 21 heavy (non-hydrogen) atoms. The fraction of sp³-hybridized carbons (Fsp3) is 0.562. The molecule has 2 aliphatic rings. The standard InChI is InChI=1S/C16H21N3O2/c1-12-7-8-15(18-17-12)21-14-9-10-19(11-14)16(20)13-5-3-2-4-6-13/h2-3,7-8,13-14H,4-6,9-11H2,1H3/t13-,14-/m0/s1. The van der Waals surface area contributed by atoms with Crippen molar-refractivity contribution in [3.05, 3.63) is 30.0 Å². The fourth-order valence-corrected chi connectivity index (χ4v) is 2.92.